The molecule has 0 unspecified atom stereocenters. The lowest BCUT2D eigenvalue weighted by atomic mass is 10.3. The highest BCUT2D eigenvalue weighted by Gasteiger charge is 2.32. The number of carboxylic acid groups (broad SMARTS) is 1. The molecule has 0 atom stereocenters. The molecule has 0 aliphatic rings. The second-order valence-electron chi connectivity index (χ2n) is 4.18. The van der Waals surface area contributed by atoms with Gasteiger partial charge in [0.1, 0.15) is 9.77 Å². The zero-order valence-corrected chi connectivity index (χ0v) is 12.4. The van der Waals surface area contributed by atoms with E-state index in [0.717, 1.165) is 11.3 Å². The van der Waals surface area contributed by atoms with Gasteiger partial charge in [-0.1, -0.05) is 6.92 Å². The molecule has 0 amide bonds. The van der Waals surface area contributed by atoms with Crippen molar-refractivity contribution in [2.45, 2.75) is 38.6 Å². The number of rotatable bonds is 5. The van der Waals surface area contributed by atoms with E-state index in [2.05, 4.69) is 0 Å². The molecular formula is C11H17NO4S2. The van der Waals surface area contributed by atoms with Gasteiger partial charge in [-0.25, -0.2) is 13.2 Å². The van der Waals surface area contributed by atoms with Gasteiger partial charge in [-0.05, 0) is 31.7 Å². The highest BCUT2D eigenvalue weighted by molar-refractivity contribution is 7.89. The third kappa shape index (κ3) is 2.57. The van der Waals surface area contributed by atoms with Gasteiger partial charge < -0.3 is 5.11 Å². The van der Waals surface area contributed by atoms with E-state index in [1.54, 1.807) is 33.1 Å². The number of hydrogen-bond donors (Lipinski definition) is 1. The molecule has 0 aromatic carbocycles. The summed E-state index contributed by atoms with van der Waals surface area (Å²) >= 11 is 0.945. The molecule has 1 N–H and O–H groups in total. The third-order valence-corrected chi connectivity index (χ3v) is 6.12. The van der Waals surface area contributed by atoms with Gasteiger partial charge in [0.2, 0.25) is 10.0 Å². The fourth-order valence-electron chi connectivity index (χ4n) is 1.83. The van der Waals surface area contributed by atoms with Crippen molar-refractivity contribution in [1.82, 2.24) is 4.31 Å². The Morgan fingerprint density at radius 3 is 2.44 bits per heavy atom. The molecule has 1 rings (SSSR count). The van der Waals surface area contributed by atoms with E-state index in [-0.39, 0.29) is 15.8 Å². The van der Waals surface area contributed by atoms with Gasteiger partial charge in [0, 0.05) is 12.6 Å². The van der Waals surface area contributed by atoms with E-state index in [4.69, 9.17) is 5.11 Å². The Labute approximate surface area is 111 Å². The summed E-state index contributed by atoms with van der Waals surface area (Å²) < 4.78 is 26.3. The first-order valence-corrected chi connectivity index (χ1v) is 7.88. The van der Waals surface area contributed by atoms with Crippen LogP contribution in [0, 0.1) is 6.92 Å². The molecule has 0 bridgehead atoms. The molecular weight excluding hydrogens is 274 g/mol. The summed E-state index contributed by atoms with van der Waals surface area (Å²) in [6.45, 7) is 7.20. The summed E-state index contributed by atoms with van der Waals surface area (Å²) in [6.07, 6.45) is 0. The summed E-state index contributed by atoms with van der Waals surface area (Å²) in [5.41, 5.74) is 0.483. The number of nitrogens with zero attached hydrogens (tertiary/aromatic N) is 1. The van der Waals surface area contributed by atoms with Crippen molar-refractivity contribution in [3.63, 3.8) is 0 Å². The van der Waals surface area contributed by atoms with Crippen molar-refractivity contribution in [3.8, 4) is 0 Å². The monoisotopic (exact) mass is 291 g/mol. The van der Waals surface area contributed by atoms with Crippen molar-refractivity contribution in [3.05, 3.63) is 15.8 Å². The van der Waals surface area contributed by atoms with Crippen LogP contribution in [0.25, 0.3) is 0 Å². The molecule has 0 saturated heterocycles. The Morgan fingerprint density at radius 1 is 1.50 bits per heavy atom. The number of thiophene rings is 1. The van der Waals surface area contributed by atoms with Gasteiger partial charge in [-0.3, -0.25) is 0 Å². The first-order valence-electron chi connectivity index (χ1n) is 5.56. The first kappa shape index (κ1) is 15.1. The van der Waals surface area contributed by atoms with E-state index in [1.807, 2.05) is 0 Å². The number of carbonyl (C=O) groups is 1. The first-order chi connectivity index (χ1) is 8.23. The number of aromatic carboxylic acids is 1. The standard InChI is InChI=1S/C11H17NO4S2/c1-5-12(7(2)3)18(15,16)10-8(4)6-17-9(10)11(13)14/h6-7H,5H2,1-4H3,(H,13,14). The molecule has 1 heterocycles. The molecule has 18 heavy (non-hydrogen) atoms. The Balaban J connectivity index is 3.45. The summed E-state index contributed by atoms with van der Waals surface area (Å²) in [4.78, 5) is 10.9. The average molecular weight is 291 g/mol. The highest BCUT2D eigenvalue weighted by Crippen LogP contribution is 2.30. The van der Waals surface area contributed by atoms with Crippen molar-refractivity contribution in [1.29, 1.82) is 0 Å². The fraction of sp³-hybridized carbons (Fsp3) is 0.545. The van der Waals surface area contributed by atoms with Crippen LogP contribution in [0.5, 0.6) is 0 Å². The van der Waals surface area contributed by atoms with Gasteiger partial charge in [-0.2, -0.15) is 4.31 Å². The minimum atomic E-state index is -3.75. The smallest absolute Gasteiger partial charge is 0.347 e. The molecule has 0 radical (unpaired) electrons. The van der Waals surface area contributed by atoms with E-state index in [0.29, 0.717) is 12.1 Å². The van der Waals surface area contributed by atoms with E-state index in [1.165, 1.54) is 4.31 Å². The van der Waals surface area contributed by atoms with Gasteiger partial charge in [0.15, 0.2) is 0 Å². The lowest BCUT2D eigenvalue weighted by Gasteiger charge is -2.24. The quantitative estimate of drug-likeness (QED) is 0.902. The van der Waals surface area contributed by atoms with Gasteiger partial charge in [-0.15, -0.1) is 11.3 Å². The zero-order chi connectivity index (χ0) is 14.1. The topological polar surface area (TPSA) is 74.7 Å². The van der Waals surface area contributed by atoms with Crippen LogP contribution in [0.1, 0.15) is 36.0 Å². The maximum atomic E-state index is 12.5. The van der Waals surface area contributed by atoms with Crippen LogP contribution < -0.4 is 0 Å². The predicted octanol–water partition coefficient (Wildman–Crippen LogP) is 2.17. The number of carboxylic acids is 1. The van der Waals surface area contributed by atoms with Crippen molar-refractivity contribution >= 4 is 27.3 Å². The molecule has 0 fully saturated rings. The van der Waals surface area contributed by atoms with E-state index in [9.17, 15) is 13.2 Å². The normalized spacial score (nSPS) is 12.3. The molecule has 1 aromatic heterocycles. The highest BCUT2D eigenvalue weighted by atomic mass is 32.2. The molecule has 0 spiro atoms. The summed E-state index contributed by atoms with van der Waals surface area (Å²) in [6, 6.07) is -0.207. The van der Waals surface area contributed by atoms with Crippen LogP contribution in [0.2, 0.25) is 0 Å². The fourth-order valence-corrected chi connectivity index (χ4v) is 5.06. The Bertz CT molecular complexity index is 545. The molecule has 5 nitrogen and oxygen atoms in total. The molecule has 7 heteroatoms. The van der Waals surface area contributed by atoms with Crippen LogP contribution in [-0.2, 0) is 10.0 Å². The average Bonchev–Trinajstić information content (AvgIpc) is 2.60. The Morgan fingerprint density at radius 2 is 2.06 bits per heavy atom. The van der Waals surface area contributed by atoms with Crippen LogP contribution in [0.4, 0.5) is 0 Å². The SMILES string of the molecule is CCN(C(C)C)S(=O)(=O)c1c(C)csc1C(=O)O. The lowest BCUT2D eigenvalue weighted by Crippen LogP contribution is -2.37. The van der Waals surface area contributed by atoms with Crippen LogP contribution in [0.3, 0.4) is 0 Å². The predicted molar refractivity (Wildman–Crippen MR) is 70.7 cm³/mol. The molecule has 0 saturated carbocycles. The van der Waals surface area contributed by atoms with Gasteiger partial charge >= 0.3 is 5.97 Å². The molecule has 0 aliphatic carbocycles. The van der Waals surface area contributed by atoms with Crippen molar-refractivity contribution in [2.75, 3.05) is 6.54 Å². The van der Waals surface area contributed by atoms with Crippen LogP contribution in [-0.4, -0.2) is 36.4 Å². The lowest BCUT2D eigenvalue weighted by molar-refractivity contribution is 0.0698. The second kappa shape index (κ2) is 5.38. The Hall–Kier alpha value is -0.920. The summed E-state index contributed by atoms with van der Waals surface area (Å²) in [5.74, 6) is -1.20. The Kier molecular flexibility index (Phi) is 4.52. The minimum Gasteiger partial charge on any atom is -0.477 e. The minimum absolute atomic E-state index is 0.0736. The number of aryl methyl sites for hydroxylation is 1. The molecule has 102 valence electrons. The maximum absolute atomic E-state index is 12.5. The second-order valence-corrected chi connectivity index (χ2v) is 6.89. The van der Waals surface area contributed by atoms with Crippen molar-refractivity contribution in [2.24, 2.45) is 0 Å². The number of hydrogen-bond acceptors (Lipinski definition) is 4. The third-order valence-electron chi connectivity index (χ3n) is 2.57. The largest absolute Gasteiger partial charge is 0.477 e. The van der Waals surface area contributed by atoms with E-state index >= 15 is 0 Å². The van der Waals surface area contributed by atoms with Crippen LogP contribution in [0.15, 0.2) is 10.3 Å². The van der Waals surface area contributed by atoms with Crippen LogP contribution >= 0.6 is 11.3 Å². The summed E-state index contributed by atoms with van der Waals surface area (Å²) in [5, 5.41) is 10.6. The summed E-state index contributed by atoms with van der Waals surface area (Å²) in [7, 11) is -3.75. The molecule has 0 aliphatic heterocycles. The van der Waals surface area contributed by atoms with Gasteiger partial charge in [0.25, 0.3) is 0 Å². The maximum Gasteiger partial charge on any atom is 0.347 e. The van der Waals surface area contributed by atoms with E-state index < -0.39 is 16.0 Å². The molecule has 1 aromatic rings. The van der Waals surface area contributed by atoms with Gasteiger partial charge in [0.05, 0.1) is 0 Å². The zero-order valence-electron chi connectivity index (χ0n) is 10.8. The van der Waals surface area contributed by atoms with Crippen molar-refractivity contribution < 1.29 is 18.3 Å². The number of sulfonamides is 1.